The van der Waals surface area contributed by atoms with Gasteiger partial charge >= 0.3 is 35.8 Å². The Kier molecular flexibility index (Phi) is 20.6. The summed E-state index contributed by atoms with van der Waals surface area (Å²) in [5.41, 5.74) is 9.64. The average molecular weight is 965 g/mol. The fourth-order valence-electron chi connectivity index (χ4n) is 7.07. The van der Waals surface area contributed by atoms with Crippen LogP contribution in [0.2, 0.25) is 0 Å². The van der Waals surface area contributed by atoms with Gasteiger partial charge in [0, 0.05) is 97.6 Å². The van der Waals surface area contributed by atoms with Crippen molar-refractivity contribution in [2.24, 2.45) is 0 Å². The van der Waals surface area contributed by atoms with Crippen LogP contribution in [0.5, 0.6) is 11.5 Å². The van der Waals surface area contributed by atoms with Crippen molar-refractivity contribution in [1.29, 1.82) is 5.26 Å². The number of aromatic nitrogens is 4. The van der Waals surface area contributed by atoms with Gasteiger partial charge < -0.3 is 50.6 Å². The number of hydrogen-bond donors (Lipinski definition) is 7. The van der Waals surface area contributed by atoms with E-state index in [0.717, 1.165) is 71.1 Å². The fraction of sp³-hybridized carbons (Fsp3) is 0.234. The van der Waals surface area contributed by atoms with Gasteiger partial charge in [0.25, 0.3) is 0 Å². The van der Waals surface area contributed by atoms with Crippen LogP contribution >= 0.6 is 11.8 Å². The molecule has 0 bridgehead atoms. The lowest BCUT2D eigenvalue weighted by atomic mass is 9.89. The number of nitriles is 1. The molecule has 1 aliphatic carbocycles. The number of likely N-dealkylation sites (N-methyl/N-ethyl adjacent to an activating group) is 1. The SMILES string of the molecule is CN1CCN(C2CCC(n3cc(Oc4ccc(-c5cccc(Sc6ccccn6)c5C#N)cc4)c4c(N)ncnc43)CC2)CC1.O=C(O)/C=C\C(=O)O.O=C(O)/C=C\C(=O)O.O=C(O)/C=C\C(=O)O. The van der Waals surface area contributed by atoms with Crippen molar-refractivity contribution in [1.82, 2.24) is 29.3 Å². The van der Waals surface area contributed by atoms with E-state index in [1.54, 1.807) is 6.20 Å². The van der Waals surface area contributed by atoms with Crippen molar-refractivity contribution in [3.63, 3.8) is 0 Å². The third-order valence-corrected chi connectivity index (χ3v) is 11.2. The van der Waals surface area contributed by atoms with E-state index in [4.69, 9.17) is 41.1 Å². The molecule has 8 N–H and O–H groups in total. The molecule has 21 nitrogen and oxygen atoms in total. The normalized spacial score (nSPS) is 15.9. The molecule has 0 unspecified atom stereocenters. The van der Waals surface area contributed by atoms with E-state index in [2.05, 4.69) is 48.6 Å². The molecule has 1 aliphatic heterocycles. The minimum Gasteiger partial charge on any atom is -0.478 e. The number of carbonyl (C=O) groups is 6. The van der Waals surface area contributed by atoms with E-state index >= 15 is 0 Å². The van der Waals surface area contributed by atoms with Crippen LogP contribution in [-0.2, 0) is 28.8 Å². The monoisotopic (exact) mass is 964 g/mol. The molecule has 69 heavy (non-hydrogen) atoms. The summed E-state index contributed by atoms with van der Waals surface area (Å²) in [6, 6.07) is 22.9. The predicted molar refractivity (Wildman–Crippen MR) is 251 cm³/mol. The number of fused-ring (bicyclic) bond motifs is 1. The molecule has 3 aromatic heterocycles. The minimum absolute atomic E-state index is 0.339. The second kappa shape index (κ2) is 26.7. The molecule has 7 rings (SSSR count). The van der Waals surface area contributed by atoms with E-state index in [1.807, 2.05) is 60.7 Å². The highest BCUT2D eigenvalue weighted by Gasteiger charge is 2.30. The Bertz CT molecular complexity index is 2590. The van der Waals surface area contributed by atoms with E-state index in [1.165, 1.54) is 30.9 Å². The first-order valence-electron chi connectivity index (χ1n) is 20.8. The van der Waals surface area contributed by atoms with Gasteiger partial charge in [0.2, 0.25) is 0 Å². The maximum atomic E-state index is 10.1. The lowest BCUT2D eigenvalue weighted by Gasteiger charge is -2.41. The Balaban J connectivity index is 0.000000356. The number of piperazine rings is 1. The quantitative estimate of drug-likeness (QED) is 0.0690. The highest BCUT2D eigenvalue weighted by molar-refractivity contribution is 7.99. The number of carboxylic acid groups (broad SMARTS) is 6. The number of aliphatic carboxylic acids is 6. The van der Waals surface area contributed by atoms with Gasteiger partial charge in [-0.15, -0.1) is 0 Å². The Morgan fingerprint density at radius 1 is 0.696 bits per heavy atom. The summed E-state index contributed by atoms with van der Waals surface area (Å²) in [4.78, 5) is 76.6. The van der Waals surface area contributed by atoms with E-state index in [9.17, 15) is 34.0 Å². The molecule has 0 spiro atoms. The number of nitrogens with zero attached hydrogens (tertiary/aromatic N) is 7. The Hall–Kier alpha value is -8.39. The highest BCUT2D eigenvalue weighted by Crippen LogP contribution is 2.41. The number of hydrogen-bond acceptors (Lipinski definition) is 15. The molecule has 1 saturated carbocycles. The predicted octanol–water partition coefficient (Wildman–Crippen LogP) is 5.76. The van der Waals surface area contributed by atoms with Gasteiger partial charge in [-0.2, -0.15) is 5.26 Å². The zero-order valence-corrected chi connectivity index (χ0v) is 37.8. The first kappa shape index (κ1) is 53.2. The van der Waals surface area contributed by atoms with Gasteiger partial charge in [-0.3, -0.25) is 4.90 Å². The zero-order valence-electron chi connectivity index (χ0n) is 36.9. The number of ether oxygens (including phenoxy) is 1. The summed E-state index contributed by atoms with van der Waals surface area (Å²) in [5.74, 6) is -5.79. The van der Waals surface area contributed by atoms with Crippen molar-refractivity contribution in [3.05, 3.63) is 121 Å². The smallest absolute Gasteiger partial charge is 0.328 e. The van der Waals surface area contributed by atoms with Gasteiger partial charge in [0.1, 0.15) is 40.0 Å². The lowest BCUT2D eigenvalue weighted by molar-refractivity contribution is -0.134. The highest BCUT2D eigenvalue weighted by atomic mass is 32.2. The number of pyridine rings is 1. The molecule has 22 heteroatoms. The van der Waals surface area contributed by atoms with Crippen molar-refractivity contribution < 1.29 is 64.1 Å². The Morgan fingerprint density at radius 3 is 1.72 bits per heavy atom. The number of nitrogens with two attached hydrogens (primary N) is 1. The van der Waals surface area contributed by atoms with E-state index in [0.29, 0.717) is 71.4 Å². The van der Waals surface area contributed by atoms with Gasteiger partial charge in [-0.25, -0.2) is 43.7 Å². The molecule has 0 atom stereocenters. The molecule has 1 saturated heterocycles. The maximum Gasteiger partial charge on any atom is 0.328 e. The Morgan fingerprint density at radius 2 is 1.23 bits per heavy atom. The first-order valence-corrected chi connectivity index (χ1v) is 21.6. The standard InChI is InChI=1S/C35H36N8OS.3C4H4O4/c1-41-17-19-42(20-18-41)25-10-12-26(13-11-25)43-22-30(33-34(37)39-23-40-35(33)43)44-27-14-8-24(9-15-27)28-5-4-6-31(29(28)21-36)45-32-7-2-3-16-38-32;3*5-3(6)1-2-4(7)8/h2-9,14-16,22-23,25-26H,10-13,17-20H2,1H3,(H2,37,39,40);3*1-2H,(H,5,6)(H,7,8)/b;3*2-1-. The van der Waals surface area contributed by atoms with E-state index in [-0.39, 0.29) is 0 Å². The van der Waals surface area contributed by atoms with Crippen LogP contribution in [0.3, 0.4) is 0 Å². The third-order valence-electron chi connectivity index (χ3n) is 10.2. The molecule has 2 aromatic carbocycles. The van der Waals surface area contributed by atoms with Crippen LogP contribution in [0.1, 0.15) is 37.3 Å². The van der Waals surface area contributed by atoms with Crippen LogP contribution in [0.4, 0.5) is 5.82 Å². The molecular formula is C47H48N8O13S. The van der Waals surface area contributed by atoms with Gasteiger partial charge in [-0.05, 0) is 68.6 Å². The average Bonchev–Trinajstić information content (AvgIpc) is 3.70. The molecule has 0 radical (unpaired) electrons. The number of benzene rings is 2. The second-order valence-electron chi connectivity index (χ2n) is 14.9. The second-order valence-corrected chi connectivity index (χ2v) is 15.9. The molecule has 5 aromatic rings. The number of anilines is 1. The topological polar surface area (TPSA) is 333 Å². The summed E-state index contributed by atoms with van der Waals surface area (Å²) >= 11 is 1.49. The molecule has 4 heterocycles. The number of nitrogen functional groups attached to an aromatic ring is 1. The molecule has 2 fully saturated rings. The minimum atomic E-state index is -1.26. The van der Waals surface area contributed by atoms with E-state index < -0.39 is 35.8 Å². The third kappa shape index (κ3) is 17.4. The van der Waals surface area contributed by atoms with Crippen molar-refractivity contribution >= 4 is 64.4 Å². The maximum absolute atomic E-state index is 10.1. The van der Waals surface area contributed by atoms with Crippen LogP contribution < -0.4 is 10.5 Å². The molecule has 2 aliphatic rings. The summed E-state index contributed by atoms with van der Waals surface area (Å²) in [6.07, 6.45) is 13.2. The number of rotatable bonds is 13. The van der Waals surface area contributed by atoms with Gasteiger partial charge in [-0.1, -0.05) is 42.1 Å². The Labute approximate surface area is 398 Å². The van der Waals surface area contributed by atoms with Crippen LogP contribution in [0.25, 0.3) is 22.2 Å². The fourth-order valence-corrected chi connectivity index (χ4v) is 7.96. The van der Waals surface area contributed by atoms with Crippen LogP contribution in [0.15, 0.2) is 126 Å². The van der Waals surface area contributed by atoms with Crippen LogP contribution in [0, 0.1) is 11.3 Å². The van der Waals surface area contributed by atoms with Gasteiger partial charge in [0.05, 0.1) is 5.56 Å². The van der Waals surface area contributed by atoms with Crippen molar-refractivity contribution in [3.8, 4) is 28.7 Å². The van der Waals surface area contributed by atoms with Crippen molar-refractivity contribution in [2.45, 2.75) is 47.7 Å². The molecule has 360 valence electrons. The zero-order chi connectivity index (χ0) is 50.5. The number of carboxylic acids is 6. The summed E-state index contributed by atoms with van der Waals surface area (Å²) in [5, 5.41) is 58.5. The summed E-state index contributed by atoms with van der Waals surface area (Å²) < 4.78 is 8.70. The molecule has 0 amide bonds. The summed E-state index contributed by atoms with van der Waals surface area (Å²) in [6.45, 7) is 4.62. The largest absolute Gasteiger partial charge is 0.478 e. The molecular weight excluding hydrogens is 917 g/mol. The first-order chi connectivity index (χ1) is 32.9. The van der Waals surface area contributed by atoms with Gasteiger partial charge in [0.15, 0.2) is 5.75 Å². The lowest BCUT2D eigenvalue weighted by Crippen LogP contribution is -2.49. The van der Waals surface area contributed by atoms with Crippen molar-refractivity contribution in [2.75, 3.05) is 39.0 Å². The van der Waals surface area contributed by atoms with Crippen LogP contribution in [-0.4, -0.2) is 135 Å². The summed E-state index contributed by atoms with van der Waals surface area (Å²) in [7, 11) is 2.21.